The highest BCUT2D eigenvalue weighted by Crippen LogP contribution is 2.32. The van der Waals surface area contributed by atoms with Crippen LogP contribution in [0, 0.1) is 11.6 Å². The van der Waals surface area contributed by atoms with E-state index < -0.39 is 0 Å². The molecule has 4 rings (SSSR count). The second kappa shape index (κ2) is 7.56. The average Bonchev–Trinajstić information content (AvgIpc) is 3.18. The van der Waals surface area contributed by atoms with Crippen molar-refractivity contribution in [3.63, 3.8) is 0 Å². The number of piperidine rings is 1. The Morgan fingerprint density at radius 2 is 1.93 bits per heavy atom. The van der Waals surface area contributed by atoms with Crippen molar-refractivity contribution in [2.45, 2.75) is 31.7 Å². The first kappa shape index (κ1) is 17.8. The molecule has 3 aromatic rings. The van der Waals surface area contributed by atoms with Gasteiger partial charge in [-0.05, 0) is 68.3 Å². The molecule has 1 fully saturated rings. The quantitative estimate of drug-likeness (QED) is 0.652. The fourth-order valence-corrected chi connectivity index (χ4v) is 3.65. The maximum atomic E-state index is 13.5. The smallest absolute Gasteiger partial charge is 0.231 e. The highest BCUT2D eigenvalue weighted by Gasteiger charge is 2.29. The van der Waals surface area contributed by atoms with Gasteiger partial charge >= 0.3 is 0 Å². The van der Waals surface area contributed by atoms with E-state index in [1.807, 2.05) is 6.07 Å². The van der Waals surface area contributed by atoms with Gasteiger partial charge in [0, 0.05) is 18.2 Å². The number of hydrogen-bond donors (Lipinski definition) is 0. The molecule has 2 heterocycles. The Labute approximate surface area is 156 Å². The van der Waals surface area contributed by atoms with Crippen LogP contribution in [0.15, 0.2) is 53.1 Å². The normalized spacial score (nSPS) is 19.1. The minimum absolute atomic E-state index is 0.114. The number of nitrogens with zero attached hydrogens (tertiary/aromatic N) is 3. The lowest BCUT2D eigenvalue weighted by Crippen LogP contribution is -2.36. The Bertz CT molecular complexity index is 910. The van der Waals surface area contributed by atoms with Crippen LogP contribution in [0.25, 0.3) is 11.4 Å². The third kappa shape index (κ3) is 3.90. The molecule has 0 aliphatic carbocycles. The molecule has 1 aromatic heterocycles. The van der Waals surface area contributed by atoms with E-state index in [1.165, 1.54) is 18.2 Å². The Morgan fingerprint density at radius 3 is 2.70 bits per heavy atom. The van der Waals surface area contributed by atoms with Gasteiger partial charge in [-0.15, -0.1) is 0 Å². The number of benzene rings is 2. The average molecular weight is 369 g/mol. The van der Waals surface area contributed by atoms with Crippen LogP contribution in [-0.2, 0) is 0 Å². The van der Waals surface area contributed by atoms with Crippen LogP contribution in [-0.4, -0.2) is 28.1 Å². The molecule has 1 aliphatic heterocycles. The third-order valence-corrected chi connectivity index (χ3v) is 5.23. The van der Waals surface area contributed by atoms with Crippen molar-refractivity contribution in [2.24, 2.45) is 0 Å². The van der Waals surface area contributed by atoms with Gasteiger partial charge in [0.15, 0.2) is 0 Å². The molecule has 2 atom stereocenters. The summed E-state index contributed by atoms with van der Waals surface area (Å²) in [5, 5.41) is 4.05. The third-order valence-electron chi connectivity index (χ3n) is 5.23. The zero-order chi connectivity index (χ0) is 18.8. The number of rotatable bonds is 4. The zero-order valence-electron chi connectivity index (χ0n) is 15.1. The van der Waals surface area contributed by atoms with Crippen LogP contribution in [0.3, 0.4) is 0 Å². The summed E-state index contributed by atoms with van der Waals surface area (Å²) in [7, 11) is 0. The molecule has 2 aromatic carbocycles. The molecule has 0 spiro atoms. The van der Waals surface area contributed by atoms with Gasteiger partial charge in [-0.25, -0.2) is 8.78 Å². The van der Waals surface area contributed by atoms with E-state index in [9.17, 15) is 8.78 Å². The molecular formula is C21H21F2N3O. The lowest BCUT2D eigenvalue weighted by molar-refractivity contribution is 0.144. The van der Waals surface area contributed by atoms with E-state index in [-0.39, 0.29) is 23.6 Å². The second-order valence-corrected chi connectivity index (χ2v) is 7.03. The maximum Gasteiger partial charge on any atom is 0.231 e. The standard InChI is InChI=1S/C21H21F2N3O/c1-14(16-4-2-6-19(23)12-16)26-11-3-5-17(13-26)21-24-20(25-27-21)15-7-9-18(22)10-8-15/h2,4,6-10,12,14,17H,3,5,11,13H2,1H3. The Hall–Kier alpha value is -2.60. The molecule has 0 bridgehead atoms. The highest BCUT2D eigenvalue weighted by molar-refractivity contribution is 5.53. The van der Waals surface area contributed by atoms with Crippen molar-refractivity contribution in [1.29, 1.82) is 0 Å². The fraction of sp³-hybridized carbons (Fsp3) is 0.333. The largest absolute Gasteiger partial charge is 0.339 e. The lowest BCUT2D eigenvalue weighted by atomic mass is 9.95. The summed E-state index contributed by atoms with van der Waals surface area (Å²) in [6.45, 7) is 3.82. The van der Waals surface area contributed by atoms with E-state index in [0.29, 0.717) is 11.7 Å². The summed E-state index contributed by atoms with van der Waals surface area (Å²) in [5.74, 6) is 0.702. The molecule has 0 radical (unpaired) electrons. The fourth-order valence-electron chi connectivity index (χ4n) is 3.65. The van der Waals surface area contributed by atoms with Gasteiger partial charge in [0.25, 0.3) is 0 Å². The highest BCUT2D eigenvalue weighted by atomic mass is 19.1. The van der Waals surface area contributed by atoms with E-state index >= 15 is 0 Å². The van der Waals surface area contributed by atoms with Crippen molar-refractivity contribution in [3.8, 4) is 11.4 Å². The van der Waals surface area contributed by atoms with Gasteiger partial charge in [-0.3, -0.25) is 4.90 Å². The molecule has 27 heavy (non-hydrogen) atoms. The molecular weight excluding hydrogens is 348 g/mol. The number of hydrogen-bond acceptors (Lipinski definition) is 4. The summed E-state index contributed by atoms with van der Waals surface area (Å²) in [5.41, 5.74) is 1.69. The molecule has 6 heteroatoms. The Balaban J connectivity index is 1.49. The van der Waals surface area contributed by atoms with Crippen molar-refractivity contribution in [1.82, 2.24) is 15.0 Å². The molecule has 4 nitrogen and oxygen atoms in total. The number of aromatic nitrogens is 2. The van der Waals surface area contributed by atoms with Crippen LogP contribution >= 0.6 is 0 Å². The first-order chi connectivity index (χ1) is 13.1. The minimum Gasteiger partial charge on any atom is -0.339 e. The van der Waals surface area contributed by atoms with Crippen LogP contribution < -0.4 is 0 Å². The van der Waals surface area contributed by atoms with Gasteiger partial charge in [0.1, 0.15) is 11.6 Å². The zero-order valence-corrected chi connectivity index (χ0v) is 15.1. The predicted molar refractivity (Wildman–Crippen MR) is 98.1 cm³/mol. The molecule has 1 saturated heterocycles. The predicted octanol–water partition coefficient (Wildman–Crippen LogP) is 4.96. The second-order valence-electron chi connectivity index (χ2n) is 7.03. The summed E-state index contributed by atoms with van der Waals surface area (Å²) < 4.78 is 32.1. The minimum atomic E-state index is -0.295. The van der Waals surface area contributed by atoms with E-state index in [2.05, 4.69) is 22.0 Å². The van der Waals surface area contributed by atoms with Gasteiger partial charge in [-0.2, -0.15) is 4.98 Å². The van der Waals surface area contributed by atoms with E-state index in [1.54, 1.807) is 24.3 Å². The first-order valence-corrected chi connectivity index (χ1v) is 9.19. The van der Waals surface area contributed by atoms with Gasteiger partial charge in [0.2, 0.25) is 11.7 Å². The van der Waals surface area contributed by atoms with Crippen LogP contribution in [0.1, 0.15) is 43.2 Å². The van der Waals surface area contributed by atoms with Crippen LogP contribution in [0.4, 0.5) is 8.78 Å². The first-order valence-electron chi connectivity index (χ1n) is 9.19. The van der Waals surface area contributed by atoms with Crippen molar-refractivity contribution in [3.05, 3.63) is 71.6 Å². The Morgan fingerprint density at radius 1 is 1.11 bits per heavy atom. The van der Waals surface area contributed by atoms with Crippen molar-refractivity contribution < 1.29 is 13.3 Å². The summed E-state index contributed by atoms with van der Waals surface area (Å²) >= 11 is 0. The summed E-state index contributed by atoms with van der Waals surface area (Å²) in [4.78, 5) is 6.85. The molecule has 2 unspecified atom stereocenters. The van der Waals surface area contributed by atoms with Crippen LogP contribution in [0.5, 0.6) is 0 Å². The Kier molecular flexibility index (Phi) is 4.99. The van der Waals surface area contributed by atoms with Gasteiger partial charge in [-0.1, -0.05) is 17.3 Å². The molecule has 0 saturated carbocycles. The van der Waals surface area contributed by atoms with E-state index in [0.717, 1.165) is 37.1 Å². The van der Waals surface area contributed by atoms with Crippen molar-refractivity contribution >= 4 is 0 Å². The molecule has 140 valence electrons. The summed E-state index contributed by atoms with van der Waals surface area (Å²) in [6, 6.07) is 12.9. The molecule has 1 aliphatic rings. The number of likely N-dealkylation sites (tertiary alicyclic amines) is 1. The van der Waals surface area contributed by atoms with Gasteiger partial charge < -0.3 is 4.52 Å². The van der Waals surface area contributed by atoms with E-state index in [4.69, 9.17) is 4.52 Å². The molecule has 0 N–H and O–H groups in total. The number of halogens is 2. The summed E-state index contributed by atoms with van der Waals surface area (Å²) in [6.07, 6.45) is 1.98. The lowest BCUT2D eigenvalue weighted by Gasteiger charge is -2.35. The SMILES string of the molecule is CC(c1cccc(F)c1)N1CCCC(c2nc(-c3ccc(F)cc3)no2)C1. The maximum absolute atomic E-state index is 13.5. The molecule has 0 amide bonds. The monoisotopic (exact) mass is 369 g/mol. The topological polar surface area (TPSA) is 42.2 Å². The van der Waals surface area contributed by atoms with Crippen LogP contribution in [0.2, 0.25) is 0 Å². The van der Waals surface area contributed by atoms with Crippen molar-refractivity contribution in [2.75, 3.05) is 13.1 Å². The van der Waals surface area contributed by atoms with Gasteiger partial charge in [0.05, 0.1) is 5.92 Å².